The summed E-state index contributed by atoms with van der Waals surface area (Å²) in [5.41, 5.74) is 1.49. The average molecular weight is 470 g/mol. The minimum atomic E-state index is -0.899. The number of amides is 3. The molecular formula is C25H25F3N4O2. The number of nitrogens with zero attached hydrogens (tertiary/aromatic N) is 3. The summed E-state index contributed by atoms with van der Waals surface area (Å²) < 4.78 is 42.8. The van der Waals surface area contributed by atoms with Gasteiger partial charge in [0, 0.05) is 37.6 Å². The lowest BCUT2D eigenvalue weighted by Gasteiger charge is -2.38. The summed E-state index contributed by atoms with van der Waals surface area (Å²) in [5.74, 6) is -2.31. The first kappa shape index (κ1) is 23.4. The lowest BCUT2D eigenvalue weighted by molar-refractivity contribution is -0.134. The van der Waals surface area contributed by atoms with E-state index in [2.05, 4.69) is 5.32 Å². The highest BCUT2D eigenvalue weighted by Crippen LogP contribution is 2.32. The van der Waals surface area contributed by atoms with E-state index in [9.17, 15) is 22.8 Å². The zero-order valence-electron chi connectivity index (χ0n) is 18.7. The van der Waals surface area contributed by atoms with Crippen LogP contribution in [-0.2, 0) is 11.3 Å². The molecule has 34 heavy (non-hydrogen) atoms. The molecule has 0 saturated heterocycles. The normalized spacial score (nSPS) is 15.1. The van der Waals surface area contributed by atoms with Gasteiger partial charge in [0.25, 0.3) is 0 Å². The van der Waals surface area contributed by atoms with Gasteiger partial charge < -0.3 is 19.7 Å². The van der Waals surface area contributed by atoms with Crippen LogP contribution in [0.15, 0.2) is 60.8 Å². The third kappa shape index (κ3) is 4.93. The Balaban J connectivity index is 1.55. The first-order valence-corrected chi connectivity index (χ1v) is 11.1. The zero-order valence-corrected chi connectivity index (χ0v) is 18.7. The quantitative estimate of drug-likeness (QED) is 0.564. The van der Waals surface area contributed by atoms with Crippen LogP contribution in [0.3, 0.4) is 0 Å². The molecule has 3 amide bonds. The molecule has 2 heterocycles. The Morgan fingerprint density at radius 3 is 2.47 bits per heavy atom. The number of halogens is 3. The molecule has 178 valence electrons. The van der Waals surface area contributed by atoms with E-state index in [-0.39, 0.29) is 30.5 Å². The molecule has 0 aliphatic carbocycles. The summed E-state index contributed by atoms with van der Waals surface area (Å²) in [4.78, 5) is 29.3. The molecule has 1 unspecified atom stereocenters. The molecule has 0 bridgehead atoms. The van der Waals surface area contributed by atoms with Crippen molar-refractivity contribution in [2.45, 2.75) is 25.9 Å². The molecule has 0 saturated carbocycles. The lowest BCUT2D eigenvalue weighted by Crippen LogP contribution is -2.49. The molecule has 0 radical (unpaired) electrons. The van der Waals surface area contributed by atoms with E-state index in [0.717, 1.165) is 23.4 Å². The number of hydrogen-bond donors (Lipinski definition) is 1. The molecule has 6 nitrogen and oxygen atoms in total. The van der Waals surface area contributed by atoms with Crippen molar-refractivity contribution < 1.29 is 22.8 Å². The van der Waals surface area contributed by atoms with Crippen LogP contribution in [0.2, 0.25) is 0 Å². The number of rotatable bonds is 6. The molecule has 0 spiro atoms. The number of carbonyl (C=O) groups excluding carboxylic acids is 2. The largest absolute Gasteiger partial charge is 0.348 e. The van der Waals surface area contributed by atoms with Crippen molar-refractivity contribution in [2.75, 3.05) is 25.0 Å². The van der Waals surface area contributed by atoms with E-state index in [1.807, 2.05) is 29.8 Å². The van der Waals surface area contributed by atoms with Gasteiger partial charge in [-0.2, -0.15) is 0 Å². The molecule has 9 heteroatoms. The molecule has 1 N–H and O–H groups in total. The maximum atomic E-state index is 14.0. The predicted octanol–water partition coefficient (Wildman–Crippen LogP) is 4.78. The molecule has 1 aliphatic rings. The molecule has 1 atom stereocenters. The number of anilines is 1. The van der Waals surface area contributed by atoms with Crippen molar-refractivity contribution in [1.82, 2.24) is 14.4 Å². The van der Waals surface area contributed by atoms with E-state index in [4.69, 9.17) is 0 Å². The van der Waals surface area contributed by atoms with Gasteiger partial charge in [0.05, 0.1) is 11.7 Å². The lowest BCUT2D eigenvalue weighted by atomic mass is 9.99. The predicted molar refractivity (Wildman–Crippen MR) is 122 cm³/mol. The number of hydrogen-bond acceptors (Lipinski definition) is 2. The molecule has 1 aromatic heterocycles. The summed E-state index contributed by atoms with van der Waals surface area (Å²) in [7, 11) is 0. The van der Waals surface area contributed by atoms with E-state index < -0.39 is 23.7 Å². The Morgan fingerprint density at radius 2 is 1.76 bits per heavy atom. The van der Waals surface area contributed by atoms with Gasteiger partial charge in [-0.1, -0.05) is 19.1 Å². The molecular weight excluding hydrogens is 445 g/mol. The molecule has 2 aromatic carbocycles. The van der Waals surface area contributed by atoms with Gasteiger partial charge in [-0.25, -0.2) is 18.0 Å². The number of urea groups is 1. The molecule has 4 rings (SSSR count). The standard InChI is InChI=1S/C25H25F3N4O2/c1-2-11-31(25(34)29-21-10-9-19(27)15-20(21)28)16-23(33)32-14-13-30-12-3-4-22(30)24(32)17-5-7-18(26)8-6-17/h3-10,12,15,24H,2,11,13-14,16H2,1H3,(H,29,34). The highest BCUT2D eigenvalue weighted by Gasteiger charge is 2.33. The Labute approximate surface area is 195 Å². The smallest absolute Gasteiger partial charge is 0.322 e. The summed E-state index contributed by atoms with van der Waals surface area (Å²) in [6.45, 7) is 2.91. The average Bonchev–Trinajstić information content (AvgIpc) is 3.29. The van der Waals surface area contributed by atoms with Gasteiger partial charge >= 0.3 is 6.03 Å². The van der Waals surface area contributed by atoms with Gasteiger partial charge in [-0.05, 0) is 48.4 Å². The maximum absolute atomic E-state index is 14.0. The summed E-state index contributed by atoms with van der Waals surface area (Å²) in [6, 6.07) is 11.6. The molecule has 3 aromatic rings. The van der Waals surface area contributed by atoms with Crippen LogP contribution in [0.5, 0.6) is 0 Å². The number of carbonyl (C=O) groups is 2. The van der Waals surface area contributed by atoms with Crippen LogP contribution < -0.4 is 5.32 Å². The van der Waals surface area contributed by atoms with Crippen molar-refractivity contribution in [1.29, 1.82) is 0 Å². The van der Waals surface area contributed by atoms with Crippen LogP contribution in [0.1, 0.15) is 30.6 Å². The Bertz CT molecular complexity index is 1180. The van der Waals surface area contributed by atoms with Gasteiger partial charge in [0.15, 0.2) is 0 Å². The van der Waals surface area contributed by atoms with Gasteiger partial charge in [-0.3, -0.25) is 4.79 Å². The summed E-state index contributed by atoms with van der Waals surface area (Å²) in [6.07, 6.45) is 2.51. The van der Waals surface area contributed by atoms with Gasteiger partial charge in [0.1, 0.15) is 24.0 Å². The van der Waals surface area contributed by atoms with E-state index in [1.54, 1.807) is 17.0 Å². The van der Waals surface area contributed by atoms with Crippen LogP contribution >= 0.6 is 0 Å². The highest BCUT2D eigenvalue weighted by molar-refractivity contribution is 5.92. The summed E-state index contributed by atoms with van der Waals surface area (Å²) >= 11 is 0. The highest BCUT2D eigenvalue weighted by atomic mass is 19.1. The third-order valence-electron chi connectivity index (χ3n) is 5.82. The van der Waals surface area contributed by atoms with Crippen molar-refractivity contribution in [3.05, 3.63) is 89.5 Å². The van der Waals surface area contributed by atoms with E-state index in [0.29, 0.717) is 25.6 Å². The monoisotopic (exact) mass is 470 g/mol. The van der Waals surface area contributed by atoms with Crippen LogP contribution in [0, 0.1) is 17.5 Å². The topological polar surface area (TPSA) is 57.6 Å². The zero-order chi connectivity index (χ0) is 24.2. The fourth-order valence-electron chi connectivity index (χ4n) is 4.21. The number of benzene rings is 2. The Morgan fingerprint density at radius 1 is 1.03 bits per heavy atom. The fourth-order valence-corrected chi connectivity index (χ4v) is 4.21. The number of nitrogens with one attached hydrogen (secondary N) is 1. The Hall–Kier alpha value is -3.75. The third-order valence-corrected chi connectivity index (χ3v) is 5.82. The van der Waals surface area contributed by atoms with Gasteiger partial charge in [-0.15, -0.1) is 0 Å². The second-order valence-electron chi connectivity index (χ2n) is 8.14. The van der Waals surface area contributed by atoms with E-state index >= 15 is 0 Å². The first-order chi connectivity index (χ1) is 16.4. The molecule has 0 fully saturated rings. The fraction of sp³-hybridized carbons (Fsp3) is 0.280. The van der Waals surface area contributed by atoms with Crippen molar-refractivity contribution in [2.24, 2.45) is 0 Å². The maximum Gasteiger partial charge on any atom is 0.322 e. The SMILES string of the molecule is CCCN(CC(=O)N1CCn2cccc2C1c1ccc(F)cc1)C(=O)Nc1ccc(F)cc1F. The second-order valence-corrected chi connectivity index (χ2v) is 8.14. The van der Waals surface area contributed by atoms with Crippen LogP contribution in [-0.4, -0.2) is 45.9 Å². The minimum absolute atomic E-state index is 0.167. The first-order valence-electron chi connectivity index (χ1n) is 11.1. The summed E-state index contributed by atoms with van der Waals surface area (Å²) in [5, 5.41) is 2.42. The second kappa shape index (κ2) is 10.0. The number of aromatic nitrogens is 1. The van der Waals surface area contributed by atoms with Gasteiger partial charge in [0.2, 0.25) is 5.91 Å². The van der Waals surface area contributed by atoms with Crippen molar-refractivity contribution >= 4 is 17.6 Å². The van der Waals surface area contributed by atoms with Crippen molar-refractivity contribution in [3.63, 3.8) is 0 Å². The Kier molecular flexibility index (Phi) is 6.90. The van der Waals surface area contributed by atoms with Crippen LogP contribution in [0.4, 0.5) is 23.7 Å². The van der Waals surface area contributed by atoms with Crippen molar-refractivity contribution in [3.8, 4) is 0 Å². The molecule has 1 aliphatic heterocycles. The minimum Gasteiger partial charge on any atom is -0.348 e. The van der Waals surface area contributed by atoms with Crippen LogP contribution in [0.25, 0.3) is 0 Å². The number of fused-ring (bicyclic) bond motifs is 1. The van der Waals surface area contributed by atoms with E-state index in [1.165, 1.54) is 17.0 Å².